The lowest BCUT2D eigenvalue weighted by Crippen LogP contribution is -2.37. The van der Waals surface area contributed by atoms with Crippen LogP contribution in [0.4, 0.5) is 0 Å². The van der Waals surface area contributed by atoms with Crippen LogP contribution in [0.2, 0.25) is 0 Å². The number of nitrogens with zero attached hydrogens (tertiary/aromatic N) is 3. The highest BCUT2D eigenvalue weighted by Gasteiger charge is 2.10. The van der Waals surface area contributed by atoms with Crippen molar-refractivity contribution < 1.29 is 4.74 Å². The van der Waals surface area contributed by atoms with Gasteiger partial charge in [0.05, 0.1) is 13.2 Å². The average Bonchev–Trinajstić information content (AvgIpc) is 2.63. The van der Waals surface area contributed by atoms with Crippen LogP contribution in [0.3, 0.4) is 0 Å². The number of ether oxygens (including phenoxy) is 1. The molecule has 1 aliphatic heterocycles. The number of morpholine rings is 1. The lowest BCUT2D eigenvalue weighted by atomic mass is 10.3. The molecule has 1 aromatic heterocycles. The predicted molar refractivity (Wildman–Crippen MR) is 52.1 cm³/mol. The second-order valence-corrected chi connectivity index (χ2v) is 3.54. The first-order valence-corrected chi connectivity index (χ1v) is 5.02. The maximum absolute atomic E-state index is 5.28. The summed E-state index contributed by atoms with van der Waals surface area (Å²) in [5, 5.41) is 6.96. The van der Waals surface area contributed by atoms with E-state index in [1.165, 1.54) is 0 Å². The van der Waals surface area contributed by atoms with E-state index >= 15 is 0 Å². The van der Waals surface area contributed by atoms with E-state index in [9.17, 15) is 0 Å². The number of nitrogens with one attached hydrogen (secondary N) is 1. The molecule has 2 heterocycles. The Morgan fingerprint density at radius 2 is 2.21 bits per heavy atom. The third-order valence-corrected chi connectivity index (χ3v) is 2.40. The molecule has 0 saturated carbocycles. The Hall–Kier alpha value is -0.940. The topological polar surface area (TPSA) is 54.0 Å². The molecule has 0 radical (unpaired) electrons. The van der Waals surface area contributed by atoms with Gasteiger partial charge in [-0.05, 0) is 6.92 Å². The molecule has 0 aromatic carbocycles. The fourth-order valence-electron chi connectivity index (χ4n) is 1.58. The second kappa shape index (κ2) is 4.52. The number of aryl methyl sites for hydroxylation is 1. The fraction of sp³-hybridized carbons (Fsp3) is 0.778. The summed E-state index contributed by atoms with van der Waals surface area (Å²) in [7, 11) is 0. The molecule has 1 saturated heterocycles. The highest BCUT2D eigenvalue weighted by molar-refractivity contribution is 4.88. The summed E-state index contributed by atoms with van der Waals surface area (Å²) in [5.74, 6) is 1.80. The summed E-state index contributed by atoms with van der Waals surface area (Å²) in [6, 6.07) is 0. The van der Waals surface area contributed by atoms with Gasteiger partial charge in [0.25, 0.3) is 0 Å². The van der Waals surface area contributed by atoms with E-state index < -0.39 is 0 Å². The summed E-state index contributed by atoms with van der Waals surface area (Å²) < 4.78 is 5.28. The van der Waals surface area contributed by atoms with Crippen LogP contribution in [0.15, 0.2) is 0 Å². The van der Waals surface area contributed by atoms with Crippen molar-refractivity contribution >= 4 is 0 Å². The summed E-state index contributed by atoms with van der Waals surface area (Å²) in [6.45, 7) is 6.72. The zero-order chi connectivity index (χ0) is 9.80. The first-order valence-electron chi connectivity index (χ1n) is 5.02. The third-order valence-electron chi connectivity index (χ3n) is 2.40. The highest BCUT2D eigenvalue weighted by atomic mass is 16.5. The van der Waals surface area contributed by atoms with Gasteiger partial charge in [-0.25, -0.2) is 4.98 Å². The van der Waals surface area contributed by atoms with Crippen molar-refractivity contribution in [2.24, 2.45) is 0 Å². The molecule has 5 nitrogen and oxygen atoms in total. The Balaban J connectivity index is 1.76. The normalized spacial score (nSPS) is 18.6. The van der Waals surface area contributed by atoms with Crippen molar-refractivity contribution in [1.82, 2.24) is 20.1 Å². The lowest BCUT2D eigenvalue weighted by Gasteiger charge is -2.25. The van der Waals surface area contributed by atoms with Gasteiger partial charge in [0, 0.05) is 26.1 Å². The van der Waals surface area contributed by atoms with Crippen molar-refractivity contribution in [1.29, 1.82) is 0 Å². The maximum atomic E-state index is 5.28. The Bertz CT molecular complexity index is 280. The van der Waals surface area contributed by atoms with Crippen LogP contribution in [0.5, 0.6) is 0 Å². The SMILES string of the molecule is Cc1nc(CCN2CCOCC2)n[nH]1. The van der Waals surface area contributed by atoms with E-state index in [1.54, 1.807) is 0 Å². The van der Waals surface area contributed by atoms with Gasteiger partial charge in [-0.2, -0.15) is 5.10 Å². The molecule has 0 unspecified atom stereocenters. The van der Waals surface area contributed by atoms with Gasteiger partial charge >= 0.3 is 0 Å². The summed E-state index contributed by atoms with van der Waals surface area (Å²) in [6.07, 6.45) is 0.921. The van der Waals surface area contributed by atoms with Gasteiger partial charge < -0.3 is 4.74 Å². The number of rotatable bonds is 3. The van der Waals surface area contributed by atoms with Gasteiger partial charge in [0.15, 0.2) is 5.82 Å². The van der Waals surface area contributed by atoms with E-state index in [-0.39, 0.29) is 0 Å². The van der Waals surface area contributed by atoms with E-state index in [0.29, 0.717) is 0 Å². The second-order valence-electron chi connectivity index (χ2n) is 3.54. The standard InChI is InChI=1S/C9H16N4O/c1-8-10-9(12-11-8)2-3-13-4-6-14-7-5-13/h2-7H2,1H3,(H,10,11,12). The number of aromatic amines is 1. The first-order chi connectivity index (χ1) is 6.84. The van der Waals surface area contributed by atoms with Gasteiger partial charge in [0.1, 0.15) is 5.82 Å². The molecule has 1 aliphatic rings. The maximum Gasteiger partial charge on any atom is 0.151 e. The fourth-order valence-corrected chi connectivity index (χ4v) is 1.58. The monoisotopic (exact) mass is 196 g/mol. The van der Waals surface area contributed by atoms with Crippen LogP contribution >= 0.6 is 0 Å². The largest absolute Gasteiger partial charge is 0.379 e. The van der Waals surface area contributed by atoms with Crippen molar-refractivity contribution in [3.63, 3.8) is 0 Å². The van der Waals surface area contributed by atoms with Gasteiger partial charge in [0.2, 0.25) is 0 Å². The van der Waals surface area contributed by atoms with E-state index in [0.717, 1.165) is 50.9 Å². The van der Waals surface area contributed by atoms with Crippen LogP contribution in [-0.4, -0.2) is 52.9 Å². The Labute approximate surface area is 83.5 Å². The van der Waals surface area contributed by atoms with Crippen molar-refractivity contribution in [3.05, 3.63) is 11.6 Å². The molecule has 0 spiro atoms. The predicted octanol–water partition coefficient (Wildman–Crippen LogP) is -0.0122. The minimum atomic E-state index is 0.854. The molecule has 1 N–H and O–H groups in total. The Morgan fingerprint density at radius 1 is 1.43 bits per heavy atom. The summed E-state index contributed by atoms with van der Waals surface area (Å²) >= 11 is 0. The Kier molecular flexibility index (Phi) is 3.10. The molecule has 0 bridgehead atoms. The lowest BCUT2D eigenvalue weighted by molar-refractivity contribution is 0.0382. The summed E-state index contributed by atoms with van der Waals surface area (Å²) in [4.78, 5) is 6.65. The van der Waals surface area contributed by atoms with E-state index in [1.807, 2.05) is 6.92 Å². The molecule has 0 aliphatic carbocycles. The average molecular weight is 196 g/mol. The van der Waals surface area contributed by atoms with E-state index in [4.69, 9.17) is 4.74 Å². The minimum absolute atomic E-state index is 0.854. The molecular weight excluding hydrogens is 180 g/mol. The third kappa shape index (κ3) is 2.52. The van der Waals surface area contributed by atoms with Crippen LogP contribution in [0.1, 0.15) is 11.6 Å². The molecule has 0 amide bonds. The highest BCUT2D eigenvalue weighted by Crippen LogP contribution is 1.99. The number of aromatic nitrogens is 3. The number of hydrogen-bond acceptors (Lipinski definition) is 4. The molecule has 0 atom stereocenters. The van der Waals surface area contributed by atoms with Crippen LogP contribution in [0.25, 0.3) is 0 Å². The molecule has 1 fully saturated rings. The van der Waals surface area contributed by atoms with Gasteiger partial charge in [-0.3, -0.25) is 10.00 Å². The number of hydrogen-bond donors (Lipinski definition) is 1. The van der Waals surface area contributed by atoms with Gasteiger partial charge in [-0.15, -0.1) is 0 Å². The van der Waals surface area contributed by atoms with Crippen molar-refractivity contribution in [3.8, 4) is 0 Å². The van der Waals surface area contributed by atoms with Crippen LogP contribution in [0, 0.1) is 6.92 Å². The molecule has 78 valence electrons. The van der Waals surface area contributed by atoms with Crippen molar-refractivity contribution in [2.75, 3.05) is 32.8 Å². The quantitative estimate of drug-likeness (QED) is 0.738. The summed E-state index contributed by atoms with van der Waals surface area (Å²) in [5.41, 5.74) is 0. The molecule has 1 aromatic rings. The van der Waals surface area contributed by atoms with Crippen LogP contribution < -0.4 is 0 Å². The van der Waals surface area contributed by atoms with Crippen molar-refractivity contribution in [2.45, 2.75) is 13.3 Å². The molecular formula is C9H16N4O. The molecule has 5 heteroatoms. The molecule has 2 rings (SSSR count). The van der Waals surface area contributed by atoms with Gasteiger partial charge in [-0.1, -0.05) is 0 Å². The van der Waals surface area contributed by atoms with Crippen LogP contribution in [-0.2, 0) is 11.2 Å². The smallest absolute Gasteiger partial charge is 0.151 e. The number of H-pyrrole nitrogens is 1. The Morgan fingerprint density at radius 3 is 2.86 bits per heavy atom. The first kappa shape index (κ1) is 9.61. The minimum Gasteiger partial charge on any atom is -0.379 e. The molecule has 14 heavy (non-hydrogen) atoms. The zero-order valence-corrected chi connectivity index (χ0v) is 8.49. The van der Waals surface area contributed by atoms with E-state index in [2.05, 4.69) is 20.1 Å². The zero-order valence-electron chi connectivity index (χ0n) is 8.49.